The molecule has 4 atom stereocenters. The van der Waals surface area contributed by atoms with Crippen LogP contribution < -0.4 is 15.6 Å². The maximum absolute atomic E-state index is 11.9. The number of aliphatic hydroxyl groups is 1. The Kier molecular flexibility index (Phi) is 10.4. The van der Waals surface area contributed by atoms with Crippen LogP contribution in [-0.2, 0) is 13.9 Å². The molecule has 0 amide bonds. The number of thioether (sulfide) groups is 2. The van der Waals surface area contributed by atoms with Gasteiger partial charge < -0.3 is 19.0 Å². The Hall–Kier alpha value is -2.02. The highest BCUT2D eigenvalue weighted by atomic mass is 32.2. The van der Waals surface area contributed by atoms with Gasteiger partial charge in [-0.3, -0.25) is 0 Å². The molecule has 0 aromatic heterocycles. The summed E-state index contributed by atoms with van der Waals surface area (Å²) in [6.07, 6.45) is 3.16. The highest BCUT2D eigenvalue weighted by Crippen LogP contribution is 2.40. The summed E-state index contributed by atoms with van der Waals surface area (Å²) in [5, 5.41) is 15.1. The molecular formula is C32H38O4S2Si. The van der Waals surface area contributed by atoms with E-state index in [1.54, 1.807) is 23.5 Å². The molecule has 1 saturated heterocycles. The van der Waals surface area contributed by atoms with Crippen molar-refractivity contribution < 1.29 is 19.0 Å². The first-order valence-corrected chi connectivity index (χ1v) is 17.4. The molecule has 7 heteroatoms. The summed E-state index contributed by atoms with van der Waals surface area (Å²) < 4.78 is 20.0. The summed E-state index contributed by atoms with van der Waals surface area (Å²) in [6.45, 7) is 8.04. The highest BCUT2D eigenvalue weighted by molar-refractivity contribution is 8.17. The van der Waals surface area contributed by atoms with Gasteiger partial charge in [-0.25, -0.2) is 0 Å². The molecule has 0 aliphatic carbocycles. The first-order valence-electron chi connectivity index (χ1n) is 13.4. The van der Waals surface area contributed by atoms with E-state index in [1.165, 1.54) is 0 Å². The molecule has 206 valence electrons. The first-order chi connectivity index (χ1) is 18.9. The van der Waals surface area contributed by atoms with Crippen LogP contribution in [0.2, 0.25) is 0 Å². The molecule has 0 saturated carbocycles. The van der Waals surface area contributed by atoms with Gasteiger partial charge in [0, 0.05) is 0 Å². The monoisotopic (exact) mass is 578 g/mol. The number of hydrogen-bond donors (Lipinski definition) is 1. The van der Waals surface area contributed by atoms with E-state index in [4.69, 9.17) is 20.3 Å². The molecule has 0 unspecified atom stereocenters. The Labute approximate surface area is 243 Å². The molecule has 1 aliphatic rings. The van der Waals surface area contributed by atoms with Gasteiger partial charge in [-0.05, 0) is 40.9 Å². The number of terminal acetylenes is 1. The van der Waals surface area contributed by atoms with Crippen molar-refractivity contribution in [1.82, 2.24) is 0 Å². The second kappa shape index (κ2) is 13.6. The summed E-state index contributed by atoms with van der Waals surface area (Å²) in [5.41, 5.74) is 0. The first kappa shape index (κ1) is 29.9. The Bertz CT molecular complexity index is 1100. The lowest BCUT2D eigenvalue weighted by molar-refractivity contribution is -0.158. The quantitative estimate of drug-likeness (QED) is 0.149. The van der Waals surface area contributed by atoms with Crippen molar-refractivity contribution in [2.75, 3.05) is 11.5 Å². The lowest BCUT2D eigenvalue weighted by atomic mass is 10.0. The molecule has 0 bridgehead atoms. The van der Waals surface area contributed by atoms with Crippen molar-refractivity contribution >= 4 is 47.4 Å². The van der Waals surface area contributed by atoms with Gasteiger partial charge in [0.25, 0.3) is 8.32 Å². The standard InChI is InChI=1S/C32H38O4S2Si/c1-6-27(28(33)29-30(35-32(4,5)34-29)31(37-7-2)38-8-3)36-39(24-18-12-9-13-19-24,25-20-14-10-15-21-25)26-22-16-11-17-23-26/h1,9-23,27-31,33H,7-8H2,2-5H3/t27-,28-,29-,30+/m1/s1. The molecule has 39 heavy (non-hydrogen) atoms. The molecule has 3 aromatic rings. The number of ether oxygens (including phenoxy) is 2. The molecule has 4 rings (SSSR count). The SMILES string of the molecule is C#C[C@@H](O[Si](c1ccccc1)(c1ccccc1)c1ccccc1)[C@@H](O)[C@H]1OC(C)(C)O[C@@H]1C(SCC)SCC. The molecule has 1 N–H and O–H groups in total. The third-order valence-corrected chi connectivity index (χ3v) is 13.5. The van der Waals surface area contributed by atoms with Crippen LogP contribution in [0, 0.1) is 12.3 Å². The van der Waals surface area contributed by atoms with Crippen LogP contribution in [0.25, 0.3) is 0 Å². The predicted molar refractivity (Wildman–Crippen MR) is 168 cm³/mol. The maximum atomic E-state index is 11.9. The Balaban J connectivity index is 1.80. The minimum Gasteiger partial charge on any atom is -0.387 e. The summed E-state index contributed by atoms with van der Waals surface area (Å²) in [5.74, 6) is 3.83. The van der Waals surface area contributed by atoms with E-state index >= 15 is 0 Å². The predicted octanol–water partition coefficient (Wildman–Crippen LogP) is 4.39. The third kappa shape index (κ3) is 6.66. The molecule has 0 spiro atoms. The highest BCUT2D eigenvalue weighted by Gasteiger charge is 2.52. The van der Waals surface area contributed by atoms with E-state index in [0.29, 0.717) is 0 Å². The second-order valence-corrected chi connectivity index (χ2v) is 16.3. The smallest absolute Gasteiger partial charge is 0.289 e. The fourth-order valence-corrected chi connectivity index (χ4v) is 11.8. The Morgan fingerprint density at radius 3 is 1.62 bits per heavy atom. The number of rotatable bonds is 12. The molecule has 1 heterocycles. The molecule has 1 aliphatic heterocycles. The fraction of sp³-hybridized carbons (Fsp3) is 0.375. The summed E-state index contributed by atoms with van der Waals surface area (Å²) in [7, 11) is -3.15. The summed E-state index contributed by atoms with van der Waals surface area (Å²) >= 11 is 3.61. The van der Waals surface area contributed by atoms with E-state index < -0.39 is 32.4 Å². The van der Waals surface area contributed by atoms with E-state index in [2.05, 4.69) is 56.2 Å². The minimum atomic E-state index is -3.15. The van der Waals surface area contributed by atoms with Crippen molar-refractivity contribution in [2.24, 2.45) is 0 Å². The van der Waals surface area contributed by atoms with Crippen molar-refractivity contribution in [1.29, 1.82) is 0 Å². The minimum absolute atomic E-state index is 0.0965. The largest absolute Gasteiger partial charge is 0.387 e. The zero-order valence-corrected chi connectivity index (χ0v) is 25.7. The van der Waals surface area contributed by atoms with Gasteiger partial charge in [-0.15, -0.1) is 29.9 Å². The van der Waals surface area contributed by atoms with Crippen molar-refractivity contribution in [3.05, 3.63) is 91.0 Å². The normalized spacial score (nSPS) is 20.4. The Morgan fingerprint density at radius 1 is 0.821 bits per heavy atom. The van der Waals surface area contributed by atoms with E-state index in [0.717, 1.165) is 27.1 Å². The average Bonchev–Trinajstić information content (AvgIpc) is 3.30. The Morgan fingerprint density at radius 2 is 1.23 bits per heavy atom. The maximum Gasteiger partial charge on any atom is 0.289 e. The topological polar surface area (TPSA) is 47.9 Å². The number of benzene rings is 3. The lowest BCUT2D eigenvalue weighted by Gasteiger charge is -2.38. The van der Waals surface area contributed by atoms with Crippen LogP contribution in [-0.4, -0.2) is 59.7 Å². The van der Waals surface area contributed by atoms with Gasteiger partial charge in [-0.1, -0.05) is 111 Å². The van der Waals surface area contributed by atoms with Crippen molar-refractivity contribution in [2.45, 2.75) is 62.5 Å². The van der Waals surface area contributed by atoms with Gasteiger partial charge in [-0.2, -0.15) is 0 Å². The molecule has 1 fully saturated rings. The molecule has 3 aromatic carbocycles. The zero-order valence-electron chi connectivity index (χ0n) is 23.0. The van der Waals surface area contributed by atoms with E-state index in [1.807, 2.05) is 68.4 Å². The molecule has 4 nitrogen and oxygen atoms in total. The fourth-order valence-electron chi connectivity index (χ4n) is 5.15. The number of aliphatic hydroxyl groups excluding tert-OH is 1. The van der Waals surface area contributed by atoms with Crippen LogP contribution in [0.1, 0.15) is 27.7 Å². The summed E-state index contributed by atoms with van der Waals surface area (Å²) in [4.78, 5) is 0. The summed E-state index contributed by atoms with van der Waals surface area (Å²) in [6, 6.07) is 30.7. The molecular weight excluding hydrogens is 541 g/mol. The zero-order chi connectivity index (χ0) is 27.9. The van der Waals surface area contributed by atoms with E-state index in [-0.39, 0.29) is 10.7 Å². The number of hydrogen-bond acceptors (Lipinski definition) is 6. The van der Waals surface area contributed by atoms with Crippen molar-refractivity contribution in [3.8, 4) is 12.3 Å². The van der Waals surface area contributed by atoms with Crippen LogP contribution in [0.5, 0.6) is 0 Å². The van der Waals surface area contributed by atoms with Gasteiger partial charge in [0.2, 0.25) is 0 Å². The second-order valence-electron chi connectivity index (χ2n) is 9.82. The average molecular weight is 579 g/mol. The van der Waals surface area contributed by atoms with Gasteiger partial charge in [0.05, 0.1) is 4.58 Å². The van der Waals surface area contributed by atoms with Crippen molar-refractivity contribution in [3.63, 3.8) is 0 Å². The van der Waals surface area contributed by atoms with Gasteiger partial charge in [0.15, 0.2) is 5.79 Å². The van der Waals surface area contributed by atoms with Crippen LogP contribution in [0.4, 0.5) is 0 Å². The lowest BCUT2D eigenvalue weighted by Crippen LogP contribution is -2.71. The third-order valence-electron chi connectivity index (χ3n) is 6.75. The van der Waals surface area contributed by atoms with E-state index in [9.17, 15) is 5.11 Å². The van der Waals surface area contributed by atoms with Crippen LogP contribution in [0.3, 0.4) is 0 Å². The van der Waals surface area contributed by atoms with Gasteiger partial charge in [0.1, 0.15) is 24.4 Å². The van der Waals surface area contributed by atoms with Crippen LogP contribution in [0.15, 0.2) is 91.0 Å². The van der Waals surface area contributed by atoms with Crippen LogP contribution >= 0.6 is 23.5 Å². The van der Waals surface area contributed by atoms with Gasteiger partial charge >= 0.3 is 0 Å². The molecule has 0 radical (unpaired) electrons.